The highest BCUT2D eigenvalue weighted by molar-refractivity contribution is 5.66. The maximum atomic E-state index is 5.42. The Morgan fingerprint density at radius 3 is 2.96 bits per heavy atom. The Hall–Kier alpha value is -1.73. The second-order valence-electron chi connectivity index (χ2n) is 6.57. The first-order valence-corrected chi connectivity index (χ1v) is 8.58. The van der Waals surface area contributed by atoms with Gasteiger partial charge in [0.25, 0.3) is 0 Å². The molecule has 2 aromatic heterocycles. The van der Waals surface area contributed by atoms with Crippen LogP contribution in [-0.4, -0.2) is 63.6 Å². The van der Waals surface area contributed by atoms with Crippen LogP contribution < -0.4 is 5.32 Å². The van der Waals surface area contributed by atoms with Gasteiger partial charge in [-0.2, -0.15) is 9.61 Å². The normalized spacial score (nSPS) is 20.7. The van der Waals surface area contributed by atoms with E-state index in [0.717, 1.165) is 56.3 Å². The van der Waals surface area contributed by atoms with Crippen LogP contribution in [-0.2, 0) is 4.74 Å². The van der Waals surface area contributed by atoms with E-state index in [1.807, 2.05) is 0 Å². The maximum Gasteiger partial charge on any atom is 0.200 e. The van der Waals surface area contributed by atoms with E-state index in [0.29, 0.717) is 12.0 Å². The number of ether oxygens (including phenoxy) is 1. The molecule has 1 saturated heterocycles. The lowest BCUT2D eigenvalue weighted by Crippen LogP contribution is -2.42. The van der Waals surface area contributed by atoms with Gasteiger partial charge in [0, 0.05) is 31.6 Å². The molecule has 1 N–H and O–H groups in total. The van der Waals surface area contributed by atoms with Crippen molar-refractivity contribution in [1.82, 2.24) is 24.7 Å². The van der Waals surface area contributed by atoms with Gasteiger partial charge in [0.2, 0.25) is 5.65 Å². The number of aromatic nitrogens is 4. The number of fused-ring (bicyclic) bond motifs is 1. The van der Waals surface area contributed by atoms with Crippen molar-refractivity contribution in [3.8, 4) is 0 Å². The molecule has 124 valence electrons. The van der Waals surface area contributed by atoms with Crippen LogP contribution in [0.25, 0.3) is 5.65 Å². The summed E-state index contributed by atoms with van der Waals surface area (Å²) in [6, 6.07) is 2.71. The SMILES string of the molecule is CC(CCNc1cc(C2CC2)nn2cnnc12)N1CCOCC1. The van der Waals surface area contributed by atoms with Gasteiger partial charge < -0.3 is 10.1 Å². The molecule has 1 saturated carbocycles. The van der Waals surface area contributed by atoms with Crippen molar-refractivity contribution in [2.75, 3.05) is 38.2 Å². The summed E-state index contributed by atoms with van der Waals surface area (Å²) >= 11 is 0. The standard InChI is InChI=1S/C16H24N6O/c1-12(21-6-8-23-9-7-21)4-5-17-15-10-14(13-2-3-13)20-22-11-18-19-16(15)22/h10-13,17H,2-9H2,1H3. The van der Waals surface area contributed by atoms with Gasteiger partial charge in [0.05, 0.1) is 24.6 Å². The number of anilines is 1. The summed E-state index contributed by atoms with van der Waals surface area (Å²) in [5.74, 6) is 0.620. The topological polar surface area (TPSA) is 67.6 Å². The molecule has 7 nitrogen and oxygen atoms in total. The molecule has 1 atom stereocenters. The third-order valence-corrected chi connectivity index (χ3v) is 4.83. The highest BCUT2D eigenvalue weighted by atomic mass is 16.5. The molecular weight excluding hydrogens is 292 g/mol. The molecule has 0 amide bonds. The Labute approximate surface area is 136 Å². The second-order valence-corrected chi connectivity index (χ2v) is 6.57. The largest absolute Gasteiger partial charge is 0.382 e. The van der Waals surface area contributed by atoms with Crippen LogP contribution in [0, 0.1) is 0 Å². The Morgan fingerprint density at radius 2 is 2.17 bits per heavy atom. The number of hydrogen-bond acceptors (Lipinski definition) is 6. The van der Waals surface area contributed by atoms with Gasteiger partial charge >= 0.3 is 0 Å². The fourth-order valence-electron chi connectivity index (χ4n) is 3.17. The van der Waals surface area contributed by atoms with Crippen molar-refractivity contribution in [2.45, 2.75) is 38.1 Å². The van der Waals surface area contributed by atoms with Gasteiger partial charge in [-0.15, -0.1) is 10.2 Å². The average molecular weight is 316 g/mol. The monoisotopic (exact) mass is 316 g/mol. The minimum atomic E-state index is 0.560. The van der Waals surface area contributed by atoms with Gasteiger partial charge in [-0.3, -0.25) is 4.90 Å². The fraction of sp³-hybridized carbons (Fsp3) is 0.688. The predicted octanol–water partition coefficient (Wildman–Crippen LogP) is 1.52. The summed E-state index contributed by atoms with van der Waals surface area (Å²) < 4.78 is 7.22. The minimum Gasteiger partial charge on any atom is -0.382 e. The van der Waals surface area contributed by atoms with Gasteiger partial charge in [-0.1, -0.05) is 0 Å². The highest BCUT2D eigenvalue weighted by Crippen LogP contribution is 2.39. The zero-order chi connectivity index (χ0) is 15.6. The van der Waals surface area contributed by atoms with Crippen molar-refractivity contribution >= 4 is 11.3 Å². The van der Waals surface area contributed by atoms with E-state index in [9.17, 15) is 0 Å². The number of morpholine rings is 1. The fourth-order valence-corrected chi connectivity index (χ4v) is 3.17. The molecule has 0 aromatic carbocycles. The van der Waals surface area contributed by atoms with Crippen molar-refractivity contribution in [1.29, 1.82) is 0 Å². The van der Waals surface area contributed by atoms with E-state index in [1.165, 1.54) is 12.8 Å². The molecule has 3 heterocycles. The number of hydrogen-bond donors (Lipinski definition) is 1. The molecule has 0 radical (unpaired) electrons. The van der Waals surface area contributed by atoms with Crippen molar-refractivity contribution < 1.29 is 4.74 Å². The minimum absolute atomic E-state index is 0.560. The van der Waals surface area contributed by atoms with Crippen LogP contribution in [0.4, 0.5) is 5.69 Å². The molecule has 2 aliphatic rings. The number of rotatable bonds is 6. The molecule has 1 aliphatic carbocycles. The number of nitrogens with zero attached hydrogens (tertiary/aromatic N) is 5. The van der Waals surface area contributed by atoms with Gasteiger partial charge in [-0.05, 0) is 32.3 Å². The first kappa shape index (κ1) is 14.8. The number of nitrogens with one attached hydrogen (secondary N) is 1. The average Bonchev–Trinajstić information content (AvgIpc) is 3.33. The van der Waals surface area contributed by atoms with Gasteiger partial charge in [0.1, 0.15) is 6.33 Å². The van der Waals surface area contributed by atoms with Gasteiger partial charge in [-0.25, -0.2) is 0 Å². The molecule has 23 heavy (non-hydrogen) atoms. The van der Waals surface area contributed by atoms with Gasteiger partial charge in [0.15, 0.2) is 0 Å². The Morgan fingerprint density at radius 1 is 1.35 bits per heavy atom. The molecule has 0 spiro atoms. The lowest BCUT2D eigenvalue weighted by molar-refractivity contribution is 0.0193. The Kier molecular flexibility index (Phi) is 4.13. The quantitative estimate of drug-likeness (QED) is 0.871. The van der Waals surface area contributed by atoms with E-state index in [1.54, 1.807) is 10.8 Å². The van der Waals surface area contributed by atoms with E-state index >= 15 is 0 Å². The smallest absolute Gasteiger partial charge is 0.200 e. The second kappa shape index (κ2) is 6.41. The molecule has 0 bridgehead atoms. The molecular formula is C16H24N6O. The summed E-state index contributed by atoms with van der Waals surface area (Å²) in [5.41, 5.74) is 3.02. The zero-order valence-corrected chi connectivity index (χ0v) is 13.6. The third-order valence-electron chi connectivity index (χ3n) is 4.83. The summed E-state index contributed by atoms with van der Waals surface area (Å²) in [4.78, 5) is 2.50. The van der Waals surface area contributed by atoms with Crippen LogP contribution >= 0.6 is 0 Å². The summed E-state index contributed by atoms with van der Waals surface area (Å²) in [6.07, 6.45) is 5.27. The van der Waals surface area contributed by atoms with E-state index in [-0.39, 0.29) is 0 Å². The molecule has 2 aromatic rings. The Bertz CT molecular complexity index is 662. The van der Waals surface area contributed by atoms with Crippen molar-refractivity contribution in [2.24, 2.45) is 0 Å². The zero-order valence-electron chi connectivity index (χ0n) is 13.6. The molecule has 1 unspecified atom stereocenters. The maximum absolute atomic E-state index is 5.42. The van der Waals surface area contributed by atoms with Crippen LogP contribution in [0.5, 0.6) is 0 Å². The highest BCUT2D eigenvalue weighted by Gasteiger charge is 2.26. The van der Waals surface area contributed by atoms with E-state index in [2.05, 4.69) is 38.5 Å². The van der Waals surface area contributed by atoms with Crippen molar-refractivity contribution in [3.63, 3.8) is 0 Å². The lowest BCUT2D eigenvalue weighted by atomic mass is 10.2. The van der Waals surface area contributed by atoms with Crippen molar-refractivity contribution in [3.05, 3.63) is 18.1 Å². The lowest BCUT2D eigenvalue weighted by Gasteiger charge is -2.32. The summed E-state index contributed by atoms with van der Waals surface area (Å²) in [5, 5.41) is 16.3. The Balaban J connectivity index is 1.40. The molecule has 2 fully saturated rings. The summed E-state index contributed by atoms with van der Waals surface area (Å²) in [6.45, 7) is 7.00. The van der Waals surface area contributed by atoms with E-state index in [4.69, 9.17) is 4.74 Å². The van der Waals surface area contributed by atoms with Crippen LogP contribution in [0.3, 0.4) is 0 Å². The summed E-state index contributed by atoms with van der Waals surface area (Å²) in [7, 11) is 0. The van der Waals surface area contributed by atoms with Crippen LogP contribution in [0.1, 0.15) is 37.8 Å². The first-order valence-electron chi connectivity index (χ1n) is 8.58. The van der Waals surface area contributed by atoms with Crippen LogP contribution in [0.2, 0.25) is 0 Å². The third kappa shape index (κ3) is 3.30. The van der Waals surface area contributed by atoms with E-state index < -0.39 is 0 Å². The molecule has 7 heteroatoms. The first-order chi connectivity index (χ1) is 11.3. The molecule has 1 aliphatic heterocycles. The predicted molar refractivity (Wildman–Crippen MR) is 87.7 cm³/mol. The van der Waals surface area contributed by atoms with Crippen LogP contribution in [0.15, 0.2) is 12.4 Å². The molecule has 4 rings (SSSR count).